The lowest BCUT2D eigenvalue weighted by Gasteiger charge is -2.06. The fourth-order valence-corrected chi connectivity index (χ4v) is 4.16. The van der Waals surface area contributed by atoms with E-state index in [-0.39, 0.29) is 11.7 Å². The third-order valence-electron chi connectivity index (χ3n) is 5.95. The first-order chi connectivity index (χ1) is 17.6. The van der Waals surface area contributed by atoms with Gasteiger partial charge in [-0.15, -0.1) is 0 Å². The molecule has 0 spiro atoms. The summed E-state index contributed by atoms with van der Waals surface area (Å²) in [5, 5.41) is 10.3. The van der Waals surface area contributed by atoms with E-state index < -0.39 is 0 Å². The number of halogens is 1. The van der Waals surface area contributed by atoms with E-state index in [4.69, 9.17) is 9.97 Å². The molecule has 3 N–H and O–H groups in total. The molecule has 0 bridgehead atoms. The molecule has 0 saturated carbocycles. The number of benzene rings is 2. The van der Waals surface area contributed by atoms with Crippen molar-refractivity contribution in [3.63, 3.8) is 0 Å². The van der Waals surface area contributed by atoms with Crippen molar-refractivity contribution in [2.45, 2.75) is 13.3 Å². The second kappa shape index (κ2) is 8.70. The minimum absolute atomic E-state index is 0.0888. The summed E-state index contributed by atoms with van der Waals surface area (Å²) in [7, 11) is 0. The highest BCUT2D eigenvalue weighted by Gasteiger charge is 2.18. The van der Waals surface area contributed by atoms with Crippen LogP contribution in [-0.2, 0) is 4.79 Å². The lowest BCUT2D eigenvalue weighted by Crippen LogP contribution is -2.09. The Bertz CT molecular complexity index is 1750. The van der Waals surface area contributed by atoms with E-state index in [0.29, 0.717) is 51.5 Å². The number of para-hydroxylation sites is 1. The van der Waals surface area contributed by atoms with Crippen molar-refractivity contribution in [3.8, 4) is 33.9 Å². The van der Waals surface area contributed by atoms with E-state index in [1.807, 2.05) is 36.4 Å². The number of hydrogen-bond donors (Lipinski definition) is 3. The smallest absolute Gasteiger partial charge is 0.224 e. The van der Waals surface area contributed by atoms with E-state index in [1.54, 1.807) is 37.5 Å². The molecule has 0 fully saturated rings. The van der Waals surface area contributed by atoms with Gasteiger partial charge in [0, 0.05) is 29.3 Å². The summed E-state index contributed by atoms with van der Waals surface area (Å²) < 4.78 is 14.5. The maximum Gasteiger partial charge on any atom is 0.224 e. The van der Waals surface area contributed by atoms with E-state index in [2.05, 4.69) is 25.5 Å². The average Bonchev–Trinajstić information content (AvgIpc) is 3.52. The Morgan fingerprint density at radius 3 is 2.67 bits per heavy atom. The molecule has 0 atom stereocenters. The van der Waals surface area contributed by atoms with Crippen molar-refractivity contribution in [3.05, 3.63) is 78.9 Å². The molecule has 4 aromatic heterocycles. The Labute approximate surface area is 204 Å². The van der Waals surface area contributed by atoms with Crippen molar-refractivity contribution >= 4 is 33.7 Å². The number of pyridine rings is 2. The zero-order valence-electron chi connectivity index (χ0n) is 19.2. The van der Waals surface area contributed by atoms with Crippen LogP contribution in [0.4, 0.5) is 10.1 Å². The summed E-state index contributed by atoms with van der Waals surface area (Å²) in [4.78, 5) is 28.9. The Morgan fingerprint density at radius 2 is 1.81 bits per heavy atom. The van der Waals surface area contributed by atoms with Crippen LogP contribution >= 0.6 is 0 Å². The summed E-state index contributed by atoms with van der Waals surface area (Å²) in [6.07, 6.45) is 3.67. The summed E-state index contributed by atoms with van der Waals surface area (Å²) in [6, 6.07) is 17.8. The number of anilines is 1. The van der Waals surface area contributed by atoms with Gasteiger partial charge in [0.2, 0.25) is 5.91 Å². The number of aromatic nitrogens is 6. The van der Waals surface area contributed by atoms with Crippen molar-refractivity contribution < 1.29 is 9.18 Å². The van der Waals surface area contributed by atoms with Gasteiger partial charge in [0.1, 0.15) is 11.3 Å². The van der Waals surface area contributed by atoms with Crippen molar-refractivity contribution in [2.75, 3.05) is 5.32 Å². The number of amides is 1. The van der Waals surface area contributed by atoms with Gasteiger partial charge in [-0.25, -0.2) is 14.4 Å². The van der Waals surface area contributed by atoms with E-state index in [0.717, 1.165) is 16.6 Å². The number of aromatic amines is 2. The molecular weight excluding hydrogens is 457 g/mol. The molecule has 0 radical (unpaired) electrons. The minimum Gasteiger partial charge on any atom is -0.336 e. The number of carbonyl (C=O) groups excluding carboxylic acids is 1. The SMILES string of the molecule is CCC(=O)Nc1cncc(-c2ccc3[nH]nc(-c4nc5c(-c6ccccc6F)cccc5[nH]4)c3n2)c1. The Balaban J connectivity index is 1.44. The Hall–Kier alpha value is -4.92. The highest BCUT2D eigenvalue weighted by atomic mass is 19.1. The van der Waals surface area contributed by atoms with Crippen LogP contribution in [0, 0.1) is 5.82 Å². The number of imidazole rings is 1. The lowest BCUT2D eigenvalue weighted by molar-refractivity contribution is -0.115. The summed E-state index contributed by atoms with van der Waals surface area (Å²) in [5.41, 5.74) is 6.54. The van der Waals surface area contributed by atoms with Gasteiger partial charge >= 0.3 is 0 Å². The number of H-pyrrole nitrogens is 2. The second-order valence-corrected chi connectivity index (χ2v) is 8.30. The van der Waals surface area contributed by atoms with E-state index >= 15 is 0 Å². The minimum atomic E-state index is -0.308. The molecule has 1 amide bonds. The molecule has 9 heteroatoms. The fourth-order valence-electron chi connectivity index (χ4n) is 4.16. The molecule has 0 aliphatic heterocycles. The molecule has 0 aliphatic carbocycles. The van der Waals surface area contributed by atoms with Crippen LogP contribution in [0.25, 0.3) is 56.0 Å². The van der Waals surface area contributed by atoms with Gasteiger partial charge < -0.3 is 10.3 Å². The summed E-state index contributed by atoms with van der Waals surface area (Å²) in [6.45, 7) is 1.79. The number of hydrogen-bond acceptors (Lipinski definition) is 5. The molecule has 0 aliphatic rings. The zero-order valence-corrected chi connectivity index (χ0v) is 19.2. The van der Waals surface area contributed by atoms with Crippen molar-refractivity contribution in [1.82, 2.24) is 30.1 Å². The highest BCUT2D eigenvalue weighted by Crippen LogP contribution is 2.33. The highest BCUT2D eigenvalue weighted by molar-refractivity contribution is 5.96. The normalized spacial score (nSPS) is 11.3. The Kier molecular flexibility index (Phi) is 5.22. The van der Waals surface area contributed by atoms with E-state index in [9.17, 15) is 9.18 Å². The Morgan fingerprint density at radius 1 is 0.944 bits per heavy atom. The third kappa shape index (κ3) is 3.76. The van der Waals surface area contributed by atoms with Gasteiger partial charge in [0.05, 0.1) is 34.1 Å². The van der Waals surface area contributed by atoms with Gasteiger partial charge in [0.15, 0.2) is 11.5 Å². The van der Waals surface area contributed by atoms with Gasteiger partial charge in [0.25, 0.3) is 0 Å². The molecule has 0 unspecified atom stereocenters. The quantitative estimate of drug-likeness (QED) is 0.294. The van der Waals surface area contributed by atoms with Crippen LogP contribution in [0.5, 0.6) is 0 Å². The van der Waals surface area contributed by atoms with Crippen molar-refractivity contribution in [2.24, 2.45) is 0 Å². The van der Waals surface area contributed by atoms with Crippen LogP contribution < -0.4 is 5.32 Å². The first kappa shape index (κ1) is 21.6. The van der Waals surface area contributed by atoms with Gasteiger partial charge in [-0.1, -0.05) is 37.3 Å². The summed E-state index contributed by atoms with van der Waals surface area (Å²) in [5.74, 6) is 0.123. The van der Waals surface area contributed by atoms with Crippen LogP contribution in [0.1, 0.15) is 13.3 Å². The van der Waals surface area contributed by atoms with Crippen molar-refractivity contribution in [1.29, 1.82) is 0 Å². The first-order valence-electron chi connectivity index (χ1n) is 11.4. The van der Waals surface area contributed by atoms with Crippen LogP contribution in [0.2, 0.25) is 0 Å². The van der Waals surface area contributed by atoms with Crippen LogP contribution in [0.3, 0.4) is 0 Å². The van der Waals surface area contributed by atoms with Crippen LogP contribution in [-0.4, -0.2) is 36.0 Å². The third-order valence-corrected chi connectivity index (χ3v) is 5.95. The van der Waals surface area contributed by atoms with Gasteiger partial charge in [-0.05, 0) is 30.3 Å². The molecule has 176 valence electrons. The maximum atomic E-state index is 14.5. The van der Waals surface area contributed by atoms with Gasteiger partial charge in [-0.2, -0.15) is 5.10 Å². The number of carbonyl (C=O) groups is 1. The zero-order chi connectivity index (χ0) is 24.6. The predicted molar refractivity (Wildman–Crippen MR) is 137 cm³/mol. The molecule has 36 heavy (non-hydrogen) atoms. The molecular formula is C27H20FN7O. The number of nitrogens with one attached hydrogen (secondary N) is 3. The number of fused-ring (bicyclic) bond motifs is 2. The number of nitrogens with zero attached hydrogens (tertiary/aromatic N) is 4. The van der Waals surface area contributed by atoms with Gasteiger partial charge in [-0.3, -0.25) is 14.9 Å². The predicted octanol–water partition coefficient (Wildman–Crippen LogP) is 5.72. The molecule has 0 saturated heterocycles. The second-order valence-electron chi connectivity index (χ2n) is 8.30. The van der Waals surface area contributed by atoms with E-state index in [1.165, 1.54) is 6.07 Å². The summed E-state index contributed by atoms with van der Waals surface area (Å²) >= 11 is 0. The maximum absolute atomic E-state index is 14.5. The monoisotopic (exact) mass is 477 g/mol. The standard InChI is InChI=1S/C27H20FN7O/c1-2-23(36)30-16-12-15(13-29-14-16)20-10-11-22-25(31-20)26(35-34-22)27-32-21-9-5-7-18(24(21)33-27)17-6-3-4-8-19(17)28/h3-14H,2H2,1H3,(H,30,36)(H,32,33)(H,34,35). The fraction of sp³-hybridized carbons (Fsp3) is 0.0741. The van der Waals surface area contributed by atoms with Crippen LogP contribution in [0.15, 0.2) is 73.1 Å². The molecule has 8 nitrogen and oxygen atoms in total. The molecule has 2 aromatic carbocycles. The molecule has 6 aromatic rings. The largest absolute Gasteiger partial charge is 0.336 e. The lowest BCUT2D eigenvalue weighted by atomic mass is 10.0. The topological polar surface area (TPSA) is 112 Å². The molecule has 4 heterocycles. The average molecular weight is 478 g/mol. The number of rotatable bonds is 5. The molecule has 6 rings (SSSR count). The first-order valence-corrected chi connectivity index (χ1v) is 11.4.